The van der Waals surface area contributed by atoms with Gasteiger partial charge in [-0.3, -0.25) is 4.79 Å². The number of nitrogens with zero attached hydrogens (tertiary/aromatic N) is 5. The topological polar surface area (TPSA) is 84.8 Å². The van der Waals surface area contributed by atoms with E-state index >= 15 is 0 Å². The normalized spacial score (nSPS) is 20.7. The largest absolute Gasteiger partial charge is 0.496 e. The average molecular weight is 479 g/mol. The summed E-state index contributed by atoms with van der Waals surface area (Å²) in [4.78, 5) is 26.7. The van der Waals surface area contributed by atoms with Crippen molar-refractivity contribution in [3.05, 3.63) is 30.1 Å². The molecule has 1 N–H and O–H groups in total. The van der Waals surface area contributed by atoms with Crippen molar-refractivity contribution in [2.75, 3.05) is 59.3 Å². The maximum Gasteiger partial charge on any atom is 0.228 e. The van der Waals surface area contributed by atoms with Crippen LogP contribution in [0.1, 0.15) is 12.0 Å². The van der Waals surface area contributed by atoms with Crippen LogP contribution in [-0.4, -0.2) is 84.2 Å². The van der Waals surface area contributed by atoms with Crippen molar-refractivity contribution in [2.45, 2.75) is 13.3 Å². The van der Waals surface area contributed by atoms with E-state index in [0.29, 0.717) is 17.6 Å². The molecule has 2 aliphatic rings. The number of amides is 1. The molecule has 3 aromatic rings. The average Bonchev–Trinajstić information content (AvgIpc) is 3.55. The van der Waals surface area contributed by atoms with Crippen molar-refractivity contribution in [1.82, 2.24) is 24.3 Å². The minimum absolute atomic E-state index is 0.0679. The molecule has 0 spiro atoms. The number of carbonyl (C=O) groups excluding carboxylic acids is 1. The molecule has 4 heterocycles. The van der Waals surface area contributed by atoms with Crippen molar-refractivity contribution in [3.63, 3.8) is 0 Å². The van der Waals surface area contributed by atoms with Crippen LogP contribution in [0.25, 0.3) is 22.2 Å². The van der Waals surface area contributed by atoms with Crippen LogP contribution in [0.3, 0.4) is 0 Å². The van der Waals surface area contributed by atoms with Crippen LogP contribution in [0.15, 0.2) is 24.5 Å². The molecule has 35 heavy (non-hydrogen) atoms. The fraction of sp³-hybridized carbons (Fsp3) is 0.500. The lowest BCUT2D eigenvalue weighted by Gasteiger charge is -2.32. The Bertz CT molecular complexity index is 1250. The van der Waals surface area contributed by atoms with Crippen LogP contribution in [0, 0.1) is 18.8 Å². The van der Waals surface area contributed by atoms with Crippen LogP contribution in [0.2, 0.25) is 0 Å². The Morgan fingerprint density at radius 1 is 1.09 bits per heavy atom. The van der Waals surface area contributed by atoms with E-state index in [1.54, 1.807) is 26.6 Å². The Kier molecular flexibility index (Phi) is 6.37. The summed E-state index contributed by atoms with van der Waals surface area (Å²) in [5.74, 6) is 2.39. The molecule has 1 aliphatic heterocycles. The van der Waals surface area contributed by atoms with Crippen LogP contribution >= 0.6 is 0 Å². The van der Waals surface area contributed by atoms with Gasteiger partial charge in [-0.25, -0.2) is 9.97 Å². The number of hydrogen-bond acceptors (Lipinski definition) is 7. The molecular weight excluding hydrogens is 444 g/mol. The summed E-state index contributed by atoms with van der Waals surface area (Å²) >= 11 is 0. The molecule has 1 saturated carbocycles. The number of piperazine rings is 1. The first-order chi connectivity index (χ1) is 16.9. The van der Waals surface area contributed by atoms with Gasteiger partial charge in [0.2, 0.25) is 11.8 Å². The lowest BCUT2D eigenvalue weighted by Crippen LogP contribution is -2.45. The van der Waals surface area contributed by atoms with Gasteiger partial charge < -0.3 is 29.2 Å². The van der Waals surface area contributed by atoms with Gasteiger partial charge in [0.05, 0.1) is 31.6 Å². The zero-order valence-corrected chi connectivity index (χ0v) is 21.2. The van der Waals surface area contributed by atoms with Crippen LogP contribution in [0.4, 0.5) is 5.82 Å². The van der Waals surface area contributed by atoms with Gasteiger partial charge in [0, 0.05) is 62.8 Å². The lowest BCUT2D eigenvalue weighted by atomic mass is 10.1. The Balaban J connectivity index is 1.33. The summed E-state index contributed by atoms with van der Waals surface area (Å²) in [5.41, 5.74) is 3.58. The highest BCUT2D eigenvalue weighted by Gasteiger charge is 2.44. The predicted molar refractivity (Wildman–Crippen MR) is 136 cm³/mol. The van der Waals surface area contributed by atoms with E-state index in [0.717, 1.165) is 72.6 Å². The van der Waals surface area contributed by atoms with E-state index in [4.69, 9.17) is 9.47 Å². The number of rotatable bonds is 7. The number of pyridine rings is 2. The van der Waals surface area contributed by atoms with Gasteiger partial charge >= 0.3 is 0 Å². The first-order valence-corrected chi connectivity index (χ1v) is 12.1. The number of aryl methyl sites for hydroxylation is 2. The summed E-state index contributed by atoms with van der Waals surface area (Å²) in [7, 11) is 7.40. The van der Waals surface area contributed by atoms with Crippen molar-refractivity contribution in [3.8, 4) is 22.9 Å². The predicted octanol–water partition coefficient (Wildman–Crippen LogP) is 2.78. The number of ether oxygens (including phenoxy) is 2. The van der Waals surface area contributed by atoms with Gasteiger partial charge in [0.25, 0.3) is 0 Å². The van der Waals surface area contributed by atoms with Crippen LogP contribution < -0.4 is 14.8 Å². The smallest absolute Gasteiger partial charge is 0.228 e. The fourth-order valence-corrected chi connectivity index (χ4v) is 5.11. The number of hydrogen-bond donors (Lipinski definition) is 1. The molecular formula is C26H34N6O3. The number of methoxy groups -OCH3 is 2. The Labute approximate surface area is 206 Å². The third-order valence-electron chi connectivity index (χ3n) is 7.36. The van der Waals surface area contributed by atoms with E-state index in [1.807, 2.05) is 24.6 Å². The van der Waals surface area contributed by atoms with Gasteiger partial charge in [-0.05, 0) is 38.4 Å². The van der Waals surface area contributed by atoms with Gasteiger partial charge in [0.1, 0.15) is 17.1 Å². The molecule has 0 unspecified atom stereocenters. The molecule has 1 amide bonds. The van der Waals surface area contributed by atoms with E-state index < -0.39 is 0 Å². The van der Waals surface area contributed by atoms with Gasteiger partial charge in [-0.2, -0.15) is 0 Å². The van der Waals surface area contributed by atoms with E-state index in [-0.39, 0.29) is 11.8 Å². The minimum atomic E-state index is 0.0679. The number of aromatic nitrogens is 3. The minimum Gasteiger partial charge on any atom is -0.496 e. The summed E-state index contributed by atoms with van der Waals surface area (Å²) in [6, 6.07) is 3.98. The maximum atomic E-state index is 12.9. The fourth-order valence-electron chi connectivity index (χ4n) is 5.11. The number of likely N-dealkylation sites (N-methyl/N-ethyl adjacent to an activating group) is 1. The molecule has 1 saturated heterocycles. The Hall–Kier alpha value is -3.17. The third-order valence-corrected chi connectivity index (χ3v) is 7.36. The second-order valence-corrected chi connectivity index (χ2v) is 9.77. The first kappa shape index (κ1) is 23.6. The van der Waals surface area contributed by atoms with Crippen molar-refractivity contribution >= 4 is 22.6 Å². The molecule has 0 aromatic carbocycles. The monoisotopic (exact) mass is 478 g/mol. The molecule has 3 aromatic heterocycles. The Morgan fingerprint density at radius 3 is 2.57 bits per heavy atom. The van der Waals surface area contributed by atoms with Gasteiger partial charge in [-0.15, -0.1) is 0 Å². The quantitative estimate of drug-likeness (QED) is 0.559. The van der Waals surface area contributed by atoms with E-state index in [9.17, 15) is 4.79 Å². The summed E-state index contributed by atoms with van der Waals surface area (Å²) < 4.78 is 13.3. The number of nitrogens with one attached hydrogen (secondary N) is 1. The van der Waals surface area contributed by atoms with Crippen molar-refractivity contribution in [2.24, 2.45) is 18.9 Å². The molecule has 5 rings (SSSR count). The summed E-state index contributed by atoms with van der Waals surface area (Å²) in [6.45, 7) is 7.34. The summed E-state index contributed by atoms with van der Waals surface area (Å²) in [5, 5.41) is 4.02. The van der Waals surface area contributed by atoms with E-state index in [1.165, 1.54) is 0 Å². The van der Waals surface area contributed by atoms with Gasteiger partial charge in [-0.1, -0.05) is 0 Å². The third kappa shape index (κ3) is 4.58. The first-order valence-electron chi connectivity index (χ1n) is 12.1. The zero-order chi connectivity index (χ0) is 24.7. The second-order valence-electron chi connectivity index (χ2n) is 9.77. The summed E-state index contributed by atoms with van der Waals surface area (Å²) in [6.07, 6.45) is 4.50. The SMILES string of the molecule is COc1ncc(C)c(OC)c1-c1cc2cc(NC(=O)[C@@H]3C[C@H]3CN3CCN(C)CC3)ncc2n1C. The maximum absolute atomic E-state index is 12.9. The molecule has 1 aliphatic carbocycles. The molecule has 9 heteroatoms. The van der Waals surface area contributed by atoms with Crippen LogP contribution in [0.5, 0.6) is 11.6 Å². The van der Waals surface area contributed by atoms with Crippen molar-refractivity contribution in [1.29, 1.82) is 0 Å². The molecule has 0 radical (unpaired) electrons. The number of carbonyl (C=O) groups is 1. The van der Waals surface area contributed by atoms with Crippen LogP contribution in [-0.2, 0) is 11.8 Å². The highest BCUT2D eigenvalue weighted by molar-refractivity contribution is 5.96. The highest BCUT2D eigenvalue weighted by atomic mass is 16.5. The standard InChI is InChI=1S/C26H34N6O3/c1-16-13-28-26(35-5)23(24(16)34-4)20-11-17-12-22(27-14-21(17)31(20)3)29-25(33)19-10-18(19)15-32-8-6-30(2)7-9-32/h11-14,18-19H,6-10,15H2,1-5H3,(H,27,29,33)/t18-,19+/m0/s1. The van der Waals surface area contributed by atoms with Gasteiger partial charge in [0.15, 0.2) is 0 Å². The Morgan fingerprint density at radius 2 is 1.86 bits per heavy atom. The second kappa shape index (κ2) is 9.47. The molecule has 2 atom stereocenters. The molecule has 0 bridgehead atoms. The molecule has 186 valence electrons. The molecule has 2 fully saturated rings. The molecule has 9 nitrogen and oxygen atoms in total. The highest BCUT2D eigenvalue weighted by Crippen LogP contribution is 2.42. The van der Waals surface area contributed by atoms with Crippen molar-refractivity contribution < 1.29 is 14.3 Å². The zero-order valence-electron chi connectivity index (χ0n) is 21.2. The number of anilines is 1. The lowest BCUT2D eigenvalue weighted by molar-refractivity contribution is -0.117. The number of fused-ring (bicyclic) bond motifs is 1. The van der Waals surface area contributed by atoms with E-state index in [2.05, 4.69) is 38.2 Å².